The molecule has 0 unspecified atom stereocenters. The number of carbonyl (C=O) groups is 1. The highest BCUT2D eigenvalue weighted by Gasteiger charge is 2.18. The van der Waals surface area contributed by atoms with E-state index in [0.29, 0.717) is 12.6 Å². The van der Waals surface area contributed by atoms with Gasteiger partial charge in [-0.25, -0.2) is 0 Å². The van der Waals surface area contributed by atoms with E-state index in [1.54, 1.807) is 7.11 Å². The van der Waals surface area contributed by atoms with E-state index in [9.17, 15) is 4.79 Å². The molecule has 1 amide bonds. The lowest BCUT2D eigenvalue weighted by atomic mass is 10.3. The van der Waals surface area contributed by atoms with Crippen LogP contribution < -0.4 is 5.32 Å². The highest BCUT2D eigenvalue weighted by molar-refractivity contribution is 5.78. The Kier molecular flexibility index (Phi) is 7.23. The monoisotopic (exact) mass is 257 g/mol. The molecule has 0 saturated carbocycles. The first-order chi connectivity index (χ1) is 8.63. The molecule has 1 rings (SSSR count). The highest BCUT2D eigenvalue weighted by Crippen LogP contribution is 2.03. The van der Waals surface area contributed by atoms with Gasteiger partial charge in [0.15, 0.2) is 0 Å². The van der Waals surface area contributed by atoms with Crippen LogP contribution in [0.25, 0.3) is 0 Å². The van der Waals surface area contributed by atoms with Crippen LogP contribution in [0.3, 0.4) is 0 Å². The highest BCUT2D eigenvalue weighted by atomic mass is 16.5. The molecule has 0 aromatic rings. The Labute approximate surface area is 110 Å². The number of amides is 1. The van der Waals surface area contributed by atoms with E-state index in [-0.39, 0.29) is 5.91 Å². The van der Waals surface area contributed by atoms with E-state index in [1.807, 2.05) is 4.90 Å². The van der Waals surface area contributed by atoms with Gasteiger partial charge in [-0.15, -0.1) is 0 Å². The van der Waals surface area contributed by atoms with Crippen LogP contribution in [-0.2, 0) is 9.53 Å². The summed E-state index contributed by atoms with van der Waals surface area (Å²) in [5.74, 6) is 0.220. The van der Waals surface area contributed by atoms with Crippen LogP contribution in [0.4, 0.5) is 0 Å². The van der Waals surface area contributed by atoms with Gasteiger partial charge in [0.1, 0.15) is 0 Å². The number of rotatable bonds is 6. The summed E-state index contributed by atoms with van der Waals surface area (Å²) in [6.45, 7) is 10.0. The molecule has 0 aromatic carbocycles. The lowest BCUT2D eigenvalue weighted by Gasteiger charge is -2.22. The van der Waals surface area contributed by atoms with E-state index >= 15 is 0 Å². The molecule has 106 valence electrons. The minimum atomic E-state index is 0.220. The fourth-order valence-corrected chi connectivity index (χ4v) is 2.07. The third-order valence-corrected chi connectivity index (χ3v) is 3.21. The zero-order chi connectivity index (χ0) is 13.4. The maximum atomic E-state index is 12.0. The van der Waals surface area contributed by atoms with Gasteiger partial charge in [0.25, 0.3) is 0 Å². The first-order valence-corrected chi connectivity index (χ1v) is 6.86. The van der Waals surface area contributed by atoms with Gasteiger partial charge in [-0.1, -0.05) is 13.8 Å². The molecule has 0 aliphatic carbocycles. The van der Waals surface area contributed by atoms with Crippen molar-refractivity contribution in [1.29, 1.82) is 0 Å². The number of hydrogen-bond donors (Lipinski definition) is 1. The summed E-state index contributed by atoms with van der Waals surface area (Å²) >= 11 is 0. The number of ether oxygens (including phenoxy) is 1. The molecule has 1 aliphatic heterocycles. The van der Waals surface area contributed by atoms with Crippen molar-refractivity contribution >= 4 is 5.91 Å². The van der Waals surface area contributed by atoms with Gasteiger partial charge in [-0.3, -0.25) is 9.69 Å². The summed E-state index contributed by atoms with van der Waals surface area (Å²) in [7, 11) is 1.73. The molecule has 1 aliphatic rings. The molecule has 0 bridgehead atoms. The number of nitrogens with one attached hydrogen (secondary N) is 1. The number of methoxy groups -OCH3 is 1. The first kappa shape index (κ1) is 15.4. The minimum Gasteiger partial charge on any atom is -0.383 e. The molecule has 1 heterocycles. The van der Waals surface area contributed by atoms with Crippen molar-refractivity contribution in [2.24, 2.45) is 0 Å². The first-order valence-electron chi connectivity index (χ1n) is 6.86. The van der Waals surface area contributed by atoms with Crippen molar-refractivity contribution in [2.75, 3.05) is 53.0 Å². The summed E-state index contributed by atoms with van der Waals surface area (Å²) < 4.78 is 5.09. The van der Waals surface area contributed by atoms with Crippen LogP contribution in [0, 0.1) is 0 Å². The predicted octanol–water partition coefficient (Wildman–Crippen LogP) is 0.165. The van der Waals surface area contributed by atoms with Crippen molar-refractivity contribution in [3.8, 4) is 0 Å². The summed E-state index contributed by atoms with van der Waals surface area (Å²) in [6.07, 6.45) is 1.05. The number of hydrogen-bond acceptors (Lipinski definition) is 4. The molecule has 5 heteroatoms. The molecule has 0 radical (unpaired) electrons. The normalized spacial score (nSPS) is 18.1. The summed E-state index contributed by atoms with van der Waals surface area (Å²) in [5, 5.41) is 3.18. The van der Waals surface area contributed by atoms with Gasteiger partial charge < -0.3 is 15.0 Å². The molecular weight excluding hydrogens is 230 g/mol. The fourth-order valence-electron chi connectivity index (χ4n) is 2.07. The lowest BCUT2D eigenvalue weighted by molar-refractivity contribution is -0.130. The molecule has 0 aromatic heterocycles. The van der Waals surface area contributed by atoms with E-state index in [1.165, 1.54) is 0 Å². The van der Waals surface area contributed by atoms with Crippen molar-refractivity contribution in [3.63, 3.8) is 0 Å². The topological polar surface area (TPSA) is 44.8 Å². The predicted molar refractivity (Wildman–Crippen MR) is 72.7 cm³/mol. The smallest absolute Gasteiger partial charge is 0.236 e. The van der Waals surface area contributed by atoms with Gasteiger partial charge in [0, 0.05) is 39.3 Å². The van der Waals surface area contributed by atoms with Crippen molar-refractivity contribution in [3.05, 3.63) is 0 Å². The Morgan fingerprint density at radius 3 is 2.72 bits per heavy atom. The largest absolute Gasteiger partial charge is 0.383 e. The number of nitrogens with zero attached hydrogens (tertiary/aromatic N) is 2. The molecular formula is C13H27N3O2. The summed E-state index contributed by atoms with van der Waals surface area (Å²) in [4.78, 5) is 16.3. The van der Waals surface area contributed by atoms with E-state index in [2.05, 4.69) is 24.1 Å². The van der Waals surface area contributed by atoms with Gasteiger partial charge in [0.05, 0.1) is 13.2 Å². The molecule has 18 heavy (non-hydrogen) atoms. The number of carbonyl (C=O) groups excluding carboxylic acids is 1. The van der Waals surface area contributed by atoms with Gasteiger partial charge in [0.2, 0.25) is 5.91 Å². The van der Waals surface area contributed by atoms with E-state index in [0.717, 1.165) is 45.8 Å². The van der Waals surface area contributed by atoms with Crippen LogP contribution in [0.1, 0.15) is 20.3 Å². The molecule has 0 spiro atoms. The average molecular weight is 257 g/mol. The van der Waals surface area contributed by atoms with Crippen LogP contribution in [0.5, 0.6) is 0 Å². The zero-order valence-corrected chi connectivity index (χ0v) is 11.9. The molecule has 1 fully saturated rings. The van der Waals surface area contributed by atoms with Gasteiger partial charge >= 0.3 is 0 Å². The Balaban J connectivity index is 2.29. The molecule has 1 saturated heterocycles. The molecule has 0 atom stereocenters. The Bertz CT molecular complexity index is 246. The van der Waals surface area contributed by atoms with Crippen LogP contribution in [0.15, 0.2) is 0 Å². The Hall–Kier alpha value is -0.650. The van der Waals surface area contributed by atoms with Crippen LogP contribution in [-0.4, -0.2) is 74.7 Å². The third kappa shape index (κ3) is 5.80. The zero-order valence-electron chi connectivity index (χ0n) is 11.9. The Morgan fingerprint density at radius 1 is 1.28 bits per heavy atom. The van der Waals surface area contributed by atoms with Crippen molar-refractivity contribution in [2.45, 2.75) is 26.3 Å². The second-order valence-electron chi connectivity index (χ2n) is 5.10. The van der Waals surface area contributed by atoms with Gasteiger partial charge in [-0.2, -0.15) is 0 Å². The molecule has 5 nitrogen and oxygen atoms in total. The fraction of sp³-hybridized carbons (Fsp3) is 0.923. The maximum Gasteiger partial charge on any atom is 0.236 e. The maximum absolute atomic E-state index is 12.0. The average Bonchev–Trinajstić information content (AvgIpc) is 2.58. The Morgan fingerprint density at radius 2 is 2.06 bits per heavy atom. The van der Waals surface area contributed by atoms with Gasteiger partial charge in [-0.05, 0) is 13.0 Å². The quantitative estimate of drug-likeness (QED) is 0.736. The van der Waals surface area contributed by atoms with E-state index < -0.39 is 0 Å². The summed E-state index contributed by atoms with van der Waals surface area (Å²) in [6, 6.07) is 0.360. The van der Waals surface area contributed by atoms with Crippen molar-refractivity contribution < 1.29 is 9.53 Å². The standard InChI is InChI=1S/C13H27N3O2/c1-12(2)14-11-13(17)16-6-4-5-15(7-8-16)9-10-18-3/h12,14H,4-11H2,1-3H3. The SMILES string of the molecule is COCCN1CCCN(C(=O)CNC(C)C)CC1. The third-order valence-electron chi connectivity index (χ3n) is 3.21. The minimum absolute atomic E-state index is 0.220. The van der Waals surface area contributed by atoms with Crippen molar-refractivity contribution in [1.82, 2.24) is 15.1 Å². The molecule has 1 N–H and O–H groups in total. The summed E-state index contributed by atoms with van der Waals surface area (Å²) in [5.41, 5.74) is 0. The lowest BCUT2D eigenvalue weighted by Crippen LogP contribution is -2.42. The second-order valence-corrected chi connectivity index (χ2v) is 5.10. The van der Waals surface area contributed by atoms with E-state index in [4.69, 9.17) is 4.74 Å². The van der Waals surface area contributed by atoms with Crippen LogP contribution >= 0.6 is 0 Å². The second kappa shape index (κ2) is 8.45. The van der Waals surface area contributed by atoms with Crippen LogP contribution in [0.2, 0.25) is 0 Å².